The van der Waals surface area contributed by atoms with Crippen molar-refractivity contribution in [1.82, 2.24) is 0 Å². The lowest BCUT2D eigenvalue weighted by Gasteiger charge is -2.31. The molecule has 49 heavy (non-hydrogen) atoms. The lowest BCUT2D eigenvalue weighted by molar-refractivity contribution is 0.729. The second kappa shape index (κ2) is 11.6. The molecule has 2 saturated carbocycles. The largest absolute Gasteiger partial charge is 0.310 e. The van der Waals surface area contributed by atoms with E-state index in [1.54, 1.807) is 16.7 Å². The minimum absolute atomic E-state index is 0.614. The molecule has 0 aliphatic heterocycles. The summed E-state index contributed by atoms with van der Waals surface area (Å²) in [4.78, 5) is 2.66. The van der Waals surface area contributed by atoms with Crippen LogP contribution in [0.3, 0.4) is 0 Å². The van der Waals surface area contributed by atoms with Crippen LogP contribution in [-0.2, 0) is 12.8 Å². The summed E-state index contributed by atoms with van der Waals surface area (Å²) < 4.78 is 0. The summed E-state index contributed by atoms with van der Waals surface area (Å²) >= 11 is 0. The first-order chi connectivity index (χ1) is 24.2. The highest BCUT2D eigenvalue weighted by atomic mass is 15.1. The molecule has 0 aromatic heterocycles. The van der Waals surface area contributed by atoms with Gasteiger partial charge < -0.3 is 4.90 Å². The van der Waals surface area contributed by atoms with E-state index in [0.717, 1.165) is 19.3 Å². The monoisotopic (exact) mass is 637 g/mol. The highest BCUT2D eigenvalue weighted by molar-refractivity contribution is 6.27. The zero-order valence-corrected chi connectivity index (χ0v) is 29.2. The summed E-state index contributed by atoms with van der Waals surface area (Å²) in [6, 6.07) is 31.7. The number of nitrogens with zero attached hydrogens (tertiary/aromatic N) is 1. The Bertz CT molecular complexity index is 2300. The maximum absolute atomic E-state index is 2.66. The highest BCUT2D eigenvalue weighted by Gasteiger charge is 2.30. The van der Waals surface area contributed by atoms with Crippen molar-refractivity contribution in [1.29, 1.82) is 0 Å². The molecule has 244 valence electrons. The molecule has 0 bridgehead atoms. The predicted molar refractivity (Wildman–Crippen MR) is 210 cm³/mol. The third kappa shape index (κ3) is 4.57. The third-order valence-electron chi connectivity index (χ3n) is 12.9. The molecule has 0 spiro atoms. The van der Waals surface area contributed by atoms with E-state index in [1.807, 2.05) is 0 Å². The average Bonchev–Trinajstić information content (AvgIpc) is 3.94. The van der Waals surface area contributed by atoms with Crippen molar-refractivity contribution in [3.05, 3.63) is 130 Å². The maximum Gasteiger partial charge on any atom is 0.0543 e. The topological polar surface area (TPSA) is 3.24 Å². The molecular weight excluding hydrogens is 591 g/mol. The van der Waals surface area contributed by atoms with Crippen LogP contribution in [0, 0.1) is 6.92 Å². The van der Waals surface area contributed by atoms with Gasteiger partial charge in [-0.1, -0.05) is 105 Å². The Hall–Kier alpha value is -4.36. The molecule has 0 atom stereocenters. The number of anilines is 3. The molecule has 1 heteroatoms. The van der Waals surface area contributed by atoms with Crippen LogP contribution < -0.4 is 4.90 Å². The van der Waals surface area contributed by atoms with Crippen molar-refractivity contribution in [2.75, 3.05) is 4.90 Å². The van der Waals surface area contributed by atoms with Gasteiger partial charge in [-0.2, -0.15) is 0 Å². The Morgan fingerprint density at radius 3 is 2.04 bits per heavy atom. The van der Waals surface area contributed by atoms with Crippen LogP contribution in [0.5, 0.6) is 0 Å². The fourth-order valence-corrected chi connectivity index (χ4v) is 10.4. The second-order valence-electron chi connectivity index (χ2n) is 15.6. The Labute approximate surface area is 291 Å². The molecule has 1 nitrogen and oxygen atoms in total. The van der Waals surface area contributed by atoms with Crippen molar-refractivity contribution in [2.24, 2.45) is 0 Å². The minimum atomic E-state index is 0.614. The van der Waals surface area contributed by atoms with Crippen LogP contribution in [0.2, 0.25) is 0 Å². The normalized spacial score (nSPS) is 18.1. The van der Waals surface area contributed by atoms with E-state index in [4.69, 9.17) is 0 Å². The number of benzene rings is 6. The molecule has 4 aliphatic rings. The van der Waals surface area contributed by atoms with Crippen LogP contribution >= 0.6 is 0 Å². The van der Waals surface area contributed by atoms with Crippen molar-refractivity contribution in [3.8, 4) is 0 Å². The zero-order valence-electron chi connectivity index (χ0n) is 29.2. The van der Waals surface area contributed by atoms with Gasteiger partial charge in [0.1, 0.15) is 0 Å². The Kier molecular flexibility index (Phi) is 7.01. The Morgan fingerprint density at radius 1 is 0.673 bits per heavy atom. The molecule has 2 fully saturated rings. The predicted octanol–water partition coefficient (Wildman–Crippen LogP) is 13.9. The van der Waals surface area contributed by atoms with Crippen molar-refractivity contribution in [2.45, 2.75) is 103 Å². The van der Waals surface area contributed by atoms with E-state index in [0.29, 0.717) is 11.8 Å². The molecule has 10 rings (SSSR count). The lowest BCUT2D eigenvalue weighted by atomic mass is 9.82. The van der Waals surface area contributed by atoms with E-state index >= 15 is 0 Å². The van der Waals surface area contributed by atoms with Crippen molar-refractivity contribution in [3.63, 3.8) is 0 Å². The molecule has 6 aromatic carbocycles. The zero-order chi connectivity index (χ0) is 32.6. The van der Waals surface area contributed by atoms with Crippen LogP contribution in [0.1, 0.15) is 116 Å². The van der Waals surface area contributed by atoms with Crippen LogP contribution in [0.15, 0.2) is 96.6 Å². The van der Waals surface area contributed by atoms with E-state index in [9.17, 15) is 0 Å². The summed E-state index contributed by atoms with van der Waals surface area (Å²) in [7, 11) is 0. The Morgan fingerprint density at radius 2 is 1.33 bits per heavy atom. The van der Waals surface area contributed by atoms with Gasteiger partial charge >= 0.3 is 0 Å². The van der Waals surface area contributed by atoms with Gasteiger partial charge in [-0.3, -0.25) is 0 Å². The molecule has 0 N–H and O–H groups in total. The van der Waals surface area contributed by atoms with Gasteiger partial charge in [0.2, 0.25) is 0 Å². The average molecular weight is 638 g/mol. The quantitative estimate of drug-likeness (QED) is 0.164. The van der Waals surface area contributed by atoms with Gasteiger partial charge in [-0.25, -0.2) is 0 Å². The summed E-state index contributed by atoms with van der Waals surface area (Å²) in [6.45, 7) is 4.62. The molecular formula is C48H47N. The smallest absolute Gasteiger partial charge is 0.0543 e. The van der Waals surface area contributed by atoms with Crippen molar-refractivity contribution >= 4 is 55.0 Å². The first-order valence-electron chi connectivity index (χ1n) is 19.3. The molecule has 0 amide bonds. The summed E-state index contributed by atoms with van der Waals surface area (Å²) in [5.74, 6) is 1.30. The lowest BCUT2D eigenvalue weighted by Crippen LogP contribution is -2.14. The summed E-state index contributed by atoms with van der Waals surface area (Å²) in [6.07, 6.45) is 19.9. The van der Waals surface area contributed by atoms with Crippen LogP contribution in [0.4, 0.5) is 17.1 Å². The van der Waals surface area contributed by atoms with E-state index in [-0.39, 0.29) is 0 Å². The van der Waals surface area contributed by atoms with Gasteiger partial charge in [0.05, 0.1) is 11.4 Å². The van der Waals surface area contributed by atoms with Gasteiger partial charge in [0.25, 0.3) is 0 Å². The number of fused-ring (bicyclic) bond motifs is 2. The standard InChI is InChI=1S/C48H47N/c1-3-31-19-21-35(22-20-31)49(45-18-10-17-38-37-16-9-8-15-34(37)28-44(38)45)46-29-43(33-13-6-7-14-33)40-24-23-36-30(2)27-42(32-11-4-5-12-32)39-25-26-41(46)48(40)47(36)39/h9-10,16-27,29,32-33H,3-8,11-15,28H2,1-2H3. The minimum Gasteiger partial charge on any atom is -0.310 e. The molecule has 6 aromatic rings. The van der Waals surface area contributed by atoms with E-state index in [1.165, 1.54) is 135 Å². The van der Waals surface area contributed by atoms with Gasteiger partial charge in [0.15, 0.2) is 0 Å². The van der Waals surface area contributed by atoms with E-state index in [2.05, 4.69) is 110 Å². The van der Waals surface area contributed by atoms with Crippen LogP contribution in [-0.4, -0.2) is 0 Å². The van der Waals surface area contributed by atoms with Crippen molar-refractivity contribution < 1.29 is 0 Å². The molecule has 0 saturated heterocycles. The fourth-order valence-electron chi connectivity index (χ4n) is 10.4. The fraction of sp³-hybridized carbons (Fsp3) is 0.333. The molecule has 4 aliphatic carbocycles. The van der Waals surface area contributed by atoms with Gasteiger partial charge in [-0.05, 0) is 160 Å². The number of allylic oxidation sites excluding steroid dienone is 4. The van der Waals surface area contributed by atoms with Gasteiger partial charge in [0, 0.05) is 11.1 Å². The molecule has 0 heterocycles. The molecule has 0 radical (unpaired) electrons. The molecule has 0 unspecified atom stereocenters. The van der Waals surface area contributed by atoms with E-state index < -0.39 is 0 Å². The number of hydrogen-bond acceptors (Lipinski definition) is 1. The second-order valence-corrected chi connectivity index (χ2v) is 15.6. The summed E-state index contributed by atoms with van der Waals surface area (Å²) in [5, 5.41) is 8.84. The Balaban J connectivity index is 1.29. The maximum atomic E-state index is 2.66. The highest BCUT2D eigenvalue weighted by Crippen LogP contribution is 2.52. The number of hydrogen-bond donors (Lipinski definition) is 0. The van der Waals surface area contributed by atoms with Crippen LogP contribution in [0.25, 0.3) is 37.9 Å². The summed E-state index contributed by atoms with van der Waals surface area (Å²) in [5.41, 5.74) is 16.0. The first-order valence-corrected chi connectivity index (χ1v) is 19.3. The third-order valence-corrected chi connectivity index (χ3v) is 12.9. The number of aryl methyl sites for hydroxylation is 2. The number of rotatable bonds is 6. The SMILES string of the molecule is CCc1ccc(N(c2cccc3c2CC2=C3C=CCC2)c2cc(C3CCCC3)c3ccc4c(C)cc(C5CCCC5)c5ccc2c3c45)cc1. The van der Waals surface area contributed by atoms with Gasteiger partial charge in [-0.15, -0.1) is 0 Å². The first kappa shape index (κ1) is 29.5.